The number of amides is 1. The average Bonchev–Trinajstić information content (AvgIpc) is 2.95. The number of aryl methyl sites for hydroxylation is 1. The Morgan fingerprint density at radius 2 is 2.00 bits per heavy atom. The molecule has 21 heavy (non-hydrogen) atoms. The molecule has 7 heteroatoms. The number of hydrogen-bond acceptors (Lipinski definition) is 4. The van der Waals surface area contributed by atoms with E-state index in [0.29, 0.717) is 27.8 Å². The number of nitrogens with zero attached hydrogens (tertiary/aromatic N) is 5. The van der Waals surface area contributed by atoms with Gasteiger partial charge in [0, 0.05) is 12.7 Å². The van der Waals surface area contributed by atoms with Crippen LogP contribution < -0.4 is 4.90 Å². The fourth-order valence-corrected chi connectivity index (χ4v) is 2.52. The number of benzene rings is 1. The number of carbonyl (C=O) groups excluding carboxylic acids is 1. The van der Waals surface area contributed by atoms with Crippen LogP contribution in [0.4, 0.5) is 5.69 Å². The molecule has 6 nitrogen and oxygen atoms in total. The van der Waals surface area contributed by atoms with Crippen molar-refractivity contribution in [2.45, 2.75) is 6.92 Å². The monoisotopic (exact) mass is 301 g/mol. The van der Waals surface area contributed by atoms with Crippen molar-refractivity contribution in [3.05, 3.63) is 53.0 Å². The molecule has 106 valence electrons. The van der Waals surface area contributed by atoms with Crippen LogP contribution >= 0.6 is 11.6 Å². The van der Waals surface area contributed by atoms with Gasteiger partial charge in [-0.2, -0.15) is 0 Å². The lowest BCUT2D eigenvalue weighted by Crippen LogP contribution is -2.25. The second kappa shape index (κ2) is 4.82. The minimum absolute atomic E-state index is 0.233. The fraction of sp³-hybridized carbons (Fsp3) is 0.143. The van der Waals surface area contributed by atoms with Crippen molar-refractivity contribution in [1.82, 2.24) is 20.2 Å². The highest BCUT2D eigenvalue weighted by atomic mass is 35.5. The minimum Gasteiger partial charge on any atom is -0.276 e. The Kier molecular flexibility index (Phi) is 3.10. The Labute approximate surface area is 126 Å². The van der Waals surface area contributed by atoms with Gasteiger partial charge in [-0.15, -0.1) is 5.10 Å². The van der Waals surface area contributed by atoms with E-state index in [9.17, 15) is 4.79 Å². The summed E-state index contributed by atoms with van der Waals surface area (Å²) >= 11 is 6.19. The van der Waals surface area contributed by atoms with Crippen molar-refractivity contribution < 1.29 is 4.79 Å². The lowest BCUT2D eigenvalue weighted by Gasteiger charge is -2.19. The SMILES string of the molecule is C=C1C(C)=C(c2nnnn2C)C(=O)N1c1ccccc1Cl. The molecule has 0 radical (unpaired) electrons. The molecule has 0 spiro atoms. The number of para-hydroxylation sites is 1. The molecular formula is C14H12ClN5O. The molecule has 0 bridgehead atoms. The van der Waals surface area contributed by atoms with Gasteiger partial charge >= 0.3 is 0 Å². The Morgan fingerprint density at radius 1 is 1.29 bits per heavy atom. The van der Waals surface area contributed by atoms with Crippen LogP contribution in [0.15, 0.2) is 42.1 Å². The van der Waals surface area contributed by atoms with Crippen molar-refractivity contribution in [1.29, 1.82) is 0 Å². The summed E-state index contributed by atoms with van der Waals surface area (Å²) in [7, 11) is 1.68. The van der Waals surface area contributed by atoms with Gasteiger partial charge in [0.1, 0.15) is 0 Å². The zero-order chi connectivity index (χ0) is 15.1. The van der Waals surface area contributed by atoms with Gasteiger partial charge in [0.25, 0.3) is 5.91 Å². The third-order valence-corrected chi connectivity index (χ3v) is 3.75. The highest BCUT2D eigenvalue weighted by Crippen LogP contribution is 2.39. The normalized spacial score (nSPS) is 15.3. The first-order chi connectivity index (χ1) is 10.0. The van der Waals surface area contributed by atoms with Gasteiger partial charge in [-0.3, -0.25) is 9.69 Å². The molecule has 1 aliphatic heterocycles. The minimum atomic E-state index is -0.233. The molecule has 1 amide bonds. The number of hydrogen-bond donors (Lipinski definition) is 0. The van der Waals surface area contributed by atoms with Gasteiger partial charge in [-0.25, -0.2) is 4.68 Å². The maximum Gasteiger partial charge on any atom is 0.267 e. The molecule has 0 unspecified atom stereocenters. The lowest BCUT2D eigenvalue weighted by atomic mass is 10.1. The molecule has 0 saturated heterocycles. The van der Waals surface area contributed by atoms with Gasteiger partial charge < -0.3 is 0 Å². The van der Waals surface area contributed by atoms with Crippen LogP contribution in [0, 0.1) is 0 Å². The zero-order valence-corrected chi connectivity index (χ0v) is 12.3. The van der Waals surface area contributed by atoms with Gasteiger partial charge in [-0.05, 0) is 35.1 Å². The largest absolute Gasteiger partial charge is 0.276 e. The molecule has 1 aliphatic rings. The van der Waals surface area contributed by atoms with E-state index in [1.165, 1.54) is 9.58 Å². The average molecular weight is 302 g/mol. The smallest absolute Gasteiger partial charge is 0.267 e. The van der Waals surface area contributed by atoms with Gasteiger partial charge in [0.15, 0.2) is 5.82 Å². The second-order valence-corrected chi connectivity index (χ2v) is 5.07. The van der Waals surface area contributed by atoms with Crippen molar-refractivity contribution in [2.75, 3.05) is 4.90 Å². The van der Waals surface area contributed by atoms with E-state index in [4.69, 9.17) is 11.6 Å². The standard InChI is InChI=1S/C14H12ClN5O/c1-8-9(2)20(11-7-5-4-6-10(11)15)14(21)12(8)13-16-17-18-19(13)3/h4-7H,2H2,1,3H3. The van der Waals surface area contributed by atoms with E-state index in [-0.39, 0.29) is 5.91 Å². The summed E-state index contributed by atoms with van der Waals surface area (Å²) in [6.45, 7) is 5.81. The van der Waals surface area contributed by atoms with Crippen molar-refractivity contribution in [3.63, 3.8) is 0 Å². The summed E-state index contributed by atoms with van der Waals surface area (Å²) in [6.07, 6.45) is 0. The van der Waals surface area contributed by atoms with E-state index in [0.717, 1.165) is 5.57 Å². The molecule has 1 aromatic heterocycles. The number of aromatic nitrogens is 4. The summed E-state index contributed by atoms with van der Waals surface area (Å²) < 4.78 is 1.46. The first-order valence-corrected chi connectivity index (χ1v) is 6.62. The van der Waals surface area contributed by atoms with Crippen molar-refractivity contribution >= 4 is 28.8 Å². The Balaban J connectivity index is 2.12. The molecule has 0 atom stereocenters. The van der Waals surface area contributed by atoms with Gasteiger partial charge in [0.2, 0.25) is 0 Å². The quantitative estimate of drug-likeness (QED) is 0.853. The number of halogens is 1. The maximum absolute atomic E-state index is 12.8. The molecule has 0 N–H and O–H groups in total. The molecule has 3 rings (SSSR count). The van der Waals surface area contributed by atoms with E-state index >= 15 is 0 Å². The van der Waals surface area contributed by atoms with Crippen LogP contribution in [0.5, 0.6) is 0 Å². The predicted octanol–water partition coefficient (Wildman–Crippen LogP) is 2.20. The third-order valence-electron chi connectivity index (χ3n) is 3.43. The van der Waals surface area contributed by atoms with Crippen LogP contribution in [0.2, 0.25) is 5.02 Å². The highest BCUT2D eigenvalue weighted by Gasteiger charge is 2.36. The highest BCUT2D eigenvalue weighted by molar-refractivity contribution is 6.37. The summed E-state index contributed by atoms with van der Waals surface area (Å²) in [5.41, 5.74) is 2.34. The van der Waals surface area contributed by atoms with E-state index in [2.05, 4.69) is 22.1 Å². The molecule has 2 aromatic rings. The Bertz CT molecular complexity index is 792. The summed E-state index contributed by atoms with van der Waals surface area (Å²) in [5, 5.41) is 11.7. The second-order valence-electron chi connectivity index (χ2n) is 4.66. The Hall–Kier alpha value is -2.47. The van der Waals surface area contributed by atoms with Gasteiger partial charge in [0.05, 0.1) is 16.3 Å². The van der Waals surface area contributed by atoms with Crippen molar-refractivity contribution in [2.24, 2.45) is 7.05 Å². The topological polar surface area (TPSA) is 63.9 Å². The lowest BCUT2D eigenvalue weighted by molar-refractivity contribution is -0.112. The molecule has 2 heterocycles. The number of allylic oxidation sites excluding steroid dienone is 1. The van der Waals surface area contributed by atoms with E-state index < -0.39 is 0 Å². The molecule has 0 fully saturated rings. The summed E-state index contributed by atoms with van der Waals surface area (Å²) in [4.78, 5) is 14.3. The molecule has 0 saturated carbocycles. The number of carbonyl (C=O) groups is 1. The predicted molar refractivity (Wildman–Crippen MR) is 79.5 cm³/mol. The van der Waals surface area contributed by atoms with E-state index in [1.807, 2.05) is 19.1 Å². The zero-order valence-electron chi connectivity index (χ0n) is 11.5. The van der Waals surface area contributed by atoms with Crippen LogP contribution in [0.3, 0.4) is 0 Å². The summed E-state index contributed by atoms with van der Waals surface area (Å²) in [5.74, 6) is 0.178. The molecular weight excluding hydrogens is 290 g/mol. The Morgan fingerprint density at radius 3 is 2.62 bits per heavy atom. The van der Waals surface area contributed by atoms with Crippen LogP contribution in [0.25, 0.3) is 5.57 Å². The first kappa shape index (κ1) is 13.5. The molecule has 1 aromatic carbocycles. The summed E-state index contributed by atoms with van der Waals surface area (Å²) in [6, 6.07) is 7.13. The number of rotatable bonds is 2. The van der Waals surface area contributed by atoms with Crippen LogP contribution in [-0.4, -0.2) is 26.1 Å². The van der Waals surface area contributed by atoms with Crippen LogP contribution in [0.1, 0.15) is 12.7 Å². The third kappa shape index (κ3) is 1.95. The number of tetrazole rings is 1. The van der Waals surface area contributed by atoms with Crippen molar-refractivity contribution in [3.8, 4) is 0 Å². The number of anilines is 1. The maximum atomic E-state index is 12.8. The van der Waals surface area contributed by atoms with E-state index in [1.54, 1.807) is 19.2 Å². The van der Waals surface area contributed by atoms with Gasteiger partial charge in [-0.1, -0.05) is 30.3 Å². The fourth-order valence-electron chi connectivity index (χ4n) is 2.30. The van der Waals surface area contributed by atoms with Crippen LogP contribution in [-0.2, 0) is 11.8 Å². The molecule has 0 aliphatic carbocycles. The first-order valence-electron chi connectivity index (χ1n) is 6.24.